The first kappa shape index (κ1) is 29.0. The first-order valence-corrected chi connectivity index (χ1v) is 13.0. The number of nitrogens with one attached hydrogen (secondary N) is 3. The number of aromatic nitrogens is 2. The van der Waals surface area contributed by atoms with Crippen molar-refractivity contribution in [3.05, 3.63) is 65.1 Å². The van der Waals surface area contributed by atoms with Gasteiger partial charge in [-0.3, -0.25) is 9.36 Å². The average Bonchev–Trinajstić information content (AvgIpc) is 2.85. The van der Waals surface area contributed by atoms with Crippen molar-refractivity contribution >= 4 is 41.9 Å². The largest absolute Gasteiger partial charge is 0.421 e. The van der Waals surface area contributed by atoms with E-state index in [4.69, 9.17) is 9.05 Å². The molecule has 0 spiro atoms. The van der Waals surface area contributed by atoms with E-state index >= 15 is 0 Å². The van der Waals surface area contributed by atoms with Gasteiger partial charge in [-0.2, -0.15) is 18.2 Å². The first-order valence-electron chi connectivity index (χ1n) is 11.4. The number of carbonyl (C=O) groups is 1. The maximum atomic E-state index is 13.8. The molecule has 0 saturated heterocycles. The van der Waals surface area contributed by atoms with E-state index in [0.29, 0.717) is 6.20 Å². The fraction of sp³-hybridized carbons (Fsp3) is 0.292. The number of anilines is 4. The summed E-state index contributed by atoms with van der Waals surface area (Å²) in [4.78, 5) is 19.9. The number of hydrogen-bond acceptors (Lipinski definition) is 8. The van der Waals surface area contributed by atoms with Crippen LogP contribution in [0.25, 0.3) is 0 Å². The molecule has 204 valence electrons. The number of alkyl halides is 3. The van der Waals surface area contributed by atoms with Gasteiger partial charge in [0, 0.05) is 13.2 Å². The van der Waals surface area contributed by atoms with Crippen LogP contribution in [0.3, 0.4) is 0 Å². The van der Waals surface area contributed by atoms with Crippen molar-refractivity contribution in [1.82, 2.24) is 15.3 Å². The minimum atomic E-state index is -4.86. The fourth-order valence-corrected chi connectivity index (χ4v) is 5.25. The molecule has 14 heteroatoms. The van der Waals surface area contributed by atoms with Crippen LogP contribution in [0.5, 0.6) is 0 Å². The Morgan fingerprint density at radius 1 is 1.03 bits per heavy atom. The molecule has 3 aromatic rings. The Hall–Kier alpha value is -3.54. The molecule has 38 heavy (non-hydrogen) atoms. The average molecular weight is 555 g/mol. The Balaban J connectivity index is 2.10. The fourth-order valence-electron chi connectivity index (χ4n) is 3.43. The zero-order valence-corrected chi connectivity index (χ0v) is 21.8. The zero-order chi connectivity index (χ0) is 28.1. The van der Waals surface area contributed by atoms with Crippen LogP contribution < -0.4 is 21.3 Å². The van der Waals surface area contributed by atoms with Gasteiger partial charge in [-0.25, -0.2) is 9.37 Å². The predicted molar refractivity (Wildman–Crippen MR) is 135 cm³/mol. The van der Waals surface area contributed by atoms with E-state index in [1.165, 1.54) is 7.05 Å². The van der Waals surface area contributed by atoms with Gasteiger partial charge in [0.15, 0.2) is 0 Å². The molecule has 3 N–H and O–H groups in total. The van der Waals surface area contributed by atoms with Gasteiger partial charge in [0.05, 0.1) is 35.5 Å². The highest BCUT2D eigenvalue weighted by Gasteiger charge is 2.36. The lowest BCUT2D eigenvalue weighted by Crippen LogP contribution is -2.20. The highest BCUT2D eigenvalue weighted by atomic mass is 31.2. The number of aryl methyl sites for hydroxylation is 1. The molecule has 3 rings (SSSR count). The van der Waals surface area contributed by atoms with Crippen LogP contribution in [0.1, 0.15) is 35.3 Å². The van der Waals surface area contributed by atoms with Crippen LogP contribution in [-0.2, 0) is 19.8 Å². The van der Waals surface area contributed by atoms with Crippen LogP contribution >= 0.6 is 7.60 Å². The summed E-state index contributed by atoms with van der Waals surface area (Å²) in [6.45, 7) is 5.22. The molecule has 0 atom stereocenters. The highest BCUT2D eigenvalue weighted by molar-refractivity contribution is 7.62. The summed E-state index contributed by atoms with van der Waals surface area (Å²) in [5.41, 5.74) is -0.648. The van der Waals surface area contributed by atoms with E-state index < -0.39 is 36.9 Å². The molecule has 9 nitrogen and oxygen atoms in total. The smallest absolute Gasteiger partial charge is 0.355 e. The molecular formula is C24H26F4N5O4P. The number of rotatable bonds is 10. The summed E-state index contributed by atoms with van der Waals surface area (Å²) < 4.78 is 79.5. The second-order valence-electron chi connectivity index (χ2n) is 7.83. The van der Waals surface area contributed by atoms with Crippen LogP contribution in [0.4, 0.5) is 40.7 Å². The van der Waals surface area contributed by atoms with E-state index in [9.17, 15) is 26.9 Å². The topological polar surface area (TPSA) is 114 Å². The van der Waals surface area contributed by atoms with Gasteiger partial charge in [0.2, 0.25) is 5.95 Å². The van der Waals surface area contributed by atoms with Gasteiger partial charge < -0.3 is 25.0 Å². The Labute approximate surface area is 216 Å². The molecular weight excluding hydrogens is 529 g/mol. The van der Waals surface area contributed by atoms with Crippen molar-refractivity contribution in [2.75, 3.05) is 30.9 Å². The van der Waals surface area contributed by atoms with Crippen LogP contribution in [0.15, 0.2) is 42.6 Å². The molecule has 2 aromatic carbocycles. The van der Waals surface area contributed by atoms with Gasteiger partial charge >= 0.3 is 13.8 Å². The van der Waals surface area contributed by atoms with E-state index in [2.05, 4.69) is 25.9 Å². The summed E-state index contributed by atoms with van der Waals surface area (Å²) >= 11 is 0. The van der Waals surface area contributed by atoms with Crippen LogP contribution in [0, 0.1) is 12.7 Å². The maximum absolute atomic E-state index is 13.8. The van der Waals surface area contributed by atoms with E-state index in [1.807, 2.05) is 0 Å². The highest BCUT2D eigenvalue weighted by Crippen LogP contribution is 2.49. The first-order chi connectivity index (χ1) is 17.9. The summed E-state index contributed by atoms with van der Waals surface area (Å²) in [5.74, 6) is -2.46. The molecule has 1 aromatic heterocycles. The summed E-state index contributed by atoms with van der Waals surface area (Å²) in [6, 6.07) is 7.80. The lowest BCUT2D eigenvalue weighted by molar-refractivity contribution is -0.137. The van der Waals surface area contributed by atoms with Crippen LogP contribution in [0.2, 0.25) is 0 Å². The maximum Gasteiger partial charge on any atom is 0.421 e. The van der Waals surface area contributed by atoms with Gasteiger partial charge in [0.25, 0.3) is 5.91 Å². The number of hydrogen-bond donors (Lipinski definition) is 3. The summed E-state index contributed by atoms with van der Waals surface area (Å²) in [7, 11) is -2.50. The molecule has 0 aliphatic heterocycles. The zero-order valence-electron chi connectivity index (χ0n) is 20.9. The second-order valence-corrected chi connectivity index (χ2v) is 9.82. The third-order valence-electron chi connectivity index (χ3n) is 5.09. The normalized spacial score (nSPS) is 11.8. The Morgan fingerprint density at radius 2 is 1.68 bits per heavy atom. The number of nitrogens with zero attached hydrogens (tertiary/aromatic N) is 2. The Morgan fingerprint density at radius 3 is 2.29 bits per heavy atom. The number of amides is 1. The monoisotopic (exact) mass is 555 g/mol. The van der Waals surface area contributed by atoms with Gasteiger partial charge in [-0.05, 0) is 51.1 Å². The number of carbonyl (C=O) groups excluding carboxylic acids is 1. The summed E-state index contributed by atoms with van der Waals surface area (Å²) in [6.07, 6.45) is -4.30. The van der Waals surface area contributed by atoms with Gasteiger partial charge in [0.1, 0.15) is 17.2 Å². The van der Waals surface area contributed by atoms with E-state index in [1.54, 1.807) is 39.0 Å². The van der Waals surface area contributed by atoms with E-state index in [-0.39, 0.29) is 41.4 Å². The predicted octanol–water partition coefficient (Wildman–Crippen LogP) is 5.68. The van der Waals surface area contributed by atoms with Crippen molar-refractivity contribution < 1.29 is 36.0 Å². The number of benzene rings is 2. The molecule has 0 radical (unpaired) electrons. The quantitative estimate of drug-likeness (QED) is 0.216. The SMILES string of the molecule is CCOP(=O)(OCC)c1cc(C)ccc1Nc1ncc(C(F)(F)F)c(Nc2ccc(F)cc2C(=O)NC)n1. The minimum Gasteiger partial charge on any atom is -0.355 e. The third-order valence-corrected chi connectivity index (χ3v) is 7.25. The molecule has 0 bridgehead atoms. The Kier molecular flexibility index (Phi) is 9.08. The van der Waals surface area contributed by atoms with E-state index in [0.717, 1.165) is 23.8 Å². The van der Waals surface area contributed by atoms with Gasteiger partial charge in [-0.1, -0.05) is 11.6 Å². The molecule has 0 fully saturated rings. The minimum absolute atomic E-state index is 0.0842. The lowest BCUT2D eigenvalue weighted by atomic mass is 10.1. The van der Waals surface area contributed by atoms with Crippen molar-refractivity contribution in [2.45, 2.75) is 26.9 Å². The molecule has 0 aliphatic carbocycles. The van der Waals surface area contributed by atoms with Crippen molar-refractivity contribution in [3.63, 3.8) is 0 Å². The molecule has 1 amide bonds. The third kappa shape index (κ3) is 6.66. The molecule has 0 aliphatic rings. The molecule has 0 saturated carbocycles. The second kappa shape index (κ2) is 11.9. The molecule has 0 unspecified atom stereocenters. The number of halogens is 4. The van der Waals surface area contributed by atoms with Crippen LogP contribution in [-0.4, -0.2) is 36.1 Å². The standard InChI is InChI=1S/C24H26F4N5O4P/c1-5-36-38(35,37-6-2)20-11-14(3)7-9-19(20)32-23-30-13-17(24(26,27)28)21(33-23)31-18-10-8-15(25)12-16(18)22(34)29-4/h7-13H,5-6H2,1-4H3,(H,29,34)(H2,30,31,32,33). The molecule has 1 heterocycles. The van der Waals surface area contributed by atoms with Crippen molar-refractivity contribution in [1.29, 1.82) is 0 Å². The van der Waals surface area contributed by atoms with Crippen molar-refractivity contribution in [2.24, 2.45) is 0 Å². The Bertz CT molecular complexity index is 1360. The van der Waals surface area contributed by atoms with Gasteiger partial charge in [-0.15, -0.1) is 0 Å². The van der Waals surface area contributed by atoms with Crippen molar-refractivity contribution in [3.8, 4) is 0 Å². The lowest BCUT2D eigenvalue weighted by Gasteiger charge is -2.21. The summed E-state index contributed by atoms with van der Waals surface area (Å²) in [5, 5.41) is 7.71.